The molecule has 0 aromatic heterocycles. The van der Waals surface area contributed by atoms with Crippen molar-refractivity contribution in [2.24, 2.45) is 0 Å². The van der Waals surface area contributed by atoms with Gasteiger partial charge < -0.3 is 18.5 Å². The van der Waals surface area contributed by atoms with E-state index in [9.17, 15) is 0 Å². The summed E-state index contributed by atoms with van der Waals surface area (Å²) in [7, 11) is 4.61. The summed E-state index contributed by atoms with van der Waals surface area (Å²) in [4.78, 5) is 0. The summed E-state index contributed by atoms with van der Waals surface area (Å²) in [6.45, 7) is 0. The Morgan fingerprint density at radius 3 is 0.800 bits per heavy atom. The second kappa shape index (κ2) is 98.2. The maximum absolute atomic E-state index is 4.61. The van der Waals surface area contributed by atoms with Gasteiger partial charge in [0.05, 0.1) is 0 Å². The zero-order valence-electron chi connectivity index (χ0n) is 2.82. The molecule has 0 bridgehead atoms. The average molecular weight is 282 g/mol. The van der Waals surface area contributed by atoms with E-state index in [0.29, 0.717) is 0 Å². The molecule has 0 saturated heterocycles. The van der Waals surface area contributed by atoms with Gasteiger partial charge in [-0.3, -0.25) is 0 Å². The SMILES string of the molecule is N.N.N.[Cl][Pt+]. The van der Waals surface area contributed by atoms with Crippen LogP contribution in [0.3, 0.4) is 0 Å². The summed E-state index contributed by atoms with van der Waals surface area (Å²) in [6, 6.07) is 0. The van der Waals surface area contributed by atoms with E-state index in [1.165, 1.54) is 0 Å². The Labute approximate surface area is 47.0 Å². The van der Waals surface area contributed by atoms with E-state index < -0.39 is 0 Å². The molecule has 0 aromatic carbocycles. The molecule has 0 heterocycles. The Balaban J connectivity index is -0.00000000167. The molecule has 0 unspecified atom stereocenters. The van der Waals surface area contributed by atoms with Crippen LogP contribution >= 0.6 is 9.42 Å². The summed E-state index contributed by atoms with van der Waals surface area (Å²) in [5, 5.41) is 0. The van der Waals surface area contributed by atoms with Gasteiger partial charge in [0.2, 0.25) is 0 Å². The first-order chi connectivity index (χ1) is 1.00. The van der Waals surface area contributed by atoms with Crippen LogP contribution in [-0.4, -0.2) is 0 Å². The van der Waals surface area contributed by atoms with Gasteiger partial charge in [0.1, 0.15) is 0 Å². The zero-order valence-corrected chi connectivity index (χ0v) is 5.84. The fourth-order valence-corrected chi connectivity index (χ4v) is 0. The predicted molar refractivity (Wildman–Crippen MR) is 20.9 cm³/mol. The van der Waals surface area contributed by atoms with Gasteiger partial charge in [-0.05, 0) is 0 Å². The van der Waals surface area contributed by atoms with Crippen molar-refractivity contribution in [1.29, 1.82) is 0 Å². The monoisotopic (exact) mass is 281 g/mol. The Kier molecular flexibility index (Phi) is 786. The van der Waals surface area contributed by atoms with Crippen LogP contribution in [0.4, 0.5) is 0 Å². The van der Waals surface area contributed by atoms with Crippen molar-refractivity contribution in [3.05, 3.63) is 0 Å². The standard InChI is InChI=1S/ClH.3H3N.Pt/h1H;3*1H3;/q;;;;+2/p-1. The van der Waals surface area contributed by atoms with Gasteiger partial charge in [-0.1, -0.05) is 0 Å². The third kappa shape index (κ3) is 53.9. The quantitative estimate of drug-likeness (QED) is 0.620. The first-order valence-corrected chi connectivity index (χ1v) is 2.94. The van der Waals surface area contributed by atoms with Gasteiger partial charge >= 0.3 is 28.2 Å². The third-order valence-corrected chi connectivity index (χ3v) is 0. The molecule has 0 aromatic rings. The first-order valence-electron chi connectivity index (χ1n) is 0.120. The van der Waals surface area contributed by atoms with Gasteiger partial charge in [-0.25, -0.2) is 0 Å². The summed E-state index contributed by atoms with van der Waals surface area (Å²) in [5.74, 6) is 0. The molecular weight excluding hydrogens is 273 g/mol. The maximum atomic E-state index is 4.61. The van der Waals surface area contributed by atoms with Gasteiger partial charge in [0, 0.05) is 0 Å². The Hall–Kier alpha value is 0.858. The van der Waals surface area contributed by atoms with Crippen LogP contribution in [0.15, 0.2) is 0 Å². The van der Waals surface area contributed by atoms with Crippen molar-refractivity contribution < 1.29 is 18.8 Å². The van der Waals surface area contributed by atoms with Crippen LogP contribution in [0.1, 0.15) is 0 Å². The van der Waals surface area contributed by atoms with Crippen molar-refractivity contribution in [3.63, 3.8) is 0 Å². The van der Waals surface area contributed by atoms with Crippen molar-refractivity contribution in [3.8, 4) is 0 Å². The second-order valence-corrected chi connectivity index (χ2v) is 0. The van der Waals surface area contributed by atoms with Crippen LogP contribution in [-0.2, 0) is 18.8 Å². The molecule has 40 valence electrons. The number of hydrogen-bond donors (Lipinski definition) is 3. The van der Waals surface area contributed by atoms with E-state index in [4.69, 9.17) is 0 Å². The minimum atomic E-state index is 0. The molecule has 0 fully saturated rings. The molecule has 0 atom stereocenters. The molecule has 0 aliphatic rings. The fourth-order valence-electron chi connectivity index (χ4n) is 0. The van der Waals surface area contributed by atoms with Crippen LogP contribution in [0.2, 0.25) is 0 Å². The molecule has 3 nitrogen and oxygen atoms in total. The Morgan fingerprint density at radius 1 is 0.800 bits per heavy atom. The minimum absolute atomic E-state index is 0. The third-order valence-electron chi connectivity index (χ3n) is 0. The van der Waals surface area contributed by atoms with E-state index in [0.717, 1.165) is 0 Å². The Bertz CT molecular complexity index is 6.85. The normalized spacial score (nSPS) is 1.40. The van der Waals surface area contributed by atoms with E-state index >= 15 is 0 Å². The number of halogens is 1. The molecule has 5 heavy (non-hydrogen) atoms. The topological polar surface area (TPSA) is 105 Å². The summed E-state index contributed by atoms with van der Waals surface area (Å²) >= 11 is 1.61. The van der Waals surface area contributed by atoms with Crippen molar-refractivity contribution in [2.75, 3.05) is 0 Å². The molecule has 0 aliphatic carbocycles. The molecule has 0 rings (SSSR count). The molecule has 5 heteroatoms. The van der Waals surface area contributed by atoms with Crippen LogP contribution in [0.25, 0.3) is 0 Å². The average Bonchev–Trinajstić information content (AvgIpc) is 1.00. The van der Waals surface area contributed by atoms with Crippen molar-refractivity contribution in [2.45, 2.75) is 0 Å². The summed E-state index contributed by atoms with van der Waals surface area (Å²) < 4.78 is 0. The predicted octanol–water partition coefficient (Wildman–Crippen LogP) is 1.17. The molecule has 0 amide bonds. The molecule has 0 radical (unpaired) electrons. The van der Waals surface area contributed by atoms with Crippen LogP contribution in [0.5, 0.6) is 0 Å². The first kappa shape index (κ1) is 40.0. The second-order valence-electron chi connectivity index (χ2n) is 0. The summed E-state index contributed by atoms with van der Waals surface area (Å²) in [5.41, 5.74) is 0. The van der Waals surface area contributed by atoms with Gasteiger partial charge in [-0.2, -0.15) is 0 Å². The molecule has 0 aliphatic heterocycles. The number of rotatable bonds is 0. The van der Waals surface area contributed by atoms with Gasteiger partial charge in [-0.15, -0.1) is 0 Å². The van der Waals surface area contributed by atoms with Crippen LogP contribution < -0.4 is 18.5 Å². The van der Waals surface area contributed by atoms with E-state index in [2.05, 4.69) is 9.42 Å². The molecule has 9 N–H and O–H groups in total. The molecule has 0 saturated carbocycles. The van der Waals surface area contributed by atoms with Gasteiger partial charge in [0.15, 0.2) is 0 Å². The molecule has 0 spiro atoms. The van der Waals surface area contributed by atoms with Crippen LogP contribution in [0, 0.1) is 0 Å². The molecular formula is H9ClN3Pt+. The van der Waals surface area contributed by atoms with Gasteiger partial charge in [0.25, 0.3) is 0 Å². The van der Waals surface area contributed by atoms with E-state index in [1.54, 1.807) is 18.8 Å². The summed E-state index contributed by atoms with van der Waals surface area (Å²) in [6.07, 6.45) is 0. The van der Waals surface area contributed by atoms with Crippen molar-refractivity contribution >= 4 is 9.42 Å². The number of hydrogen-bond acceptors (Lipinski definition) is 3. The van der Waals surface area contributed by atoms with E-state index in [1.807, 2.05) is 0 Å². The zero-order chi connectivity index (χ0) is 2.00. The fraction of sp³-hybridized carbons (Fsp3) is 0. The Morgan fingerprint density at radius 2 is 0.800 bits per heavy atom. The van der Waals surface area contributed by atoms with Crippen molar-refractivity contribution in [1.82, 2.24) is 18.5 Å². The van der Waals surface area contributed by atoms with E-state index in [-0.39, 0.29) is 18.5 Å².